The van der Waals surface area contributed by atoms with E-state index in [2.05, 4.69) is 10.6 Å². The third-order valence-corrected chi connectivity index (χ3v) is 3.09. The summed E-state index contributed by atoms with van der Waals surface area (Å²) in [5.41, 5.74) is 1.53. The van der Waals surface area contributed by atoms with Gasteiger partial charge in [-0.2, -0.15) is 0 Å². The number of anilines is 1. The second-order valence-corrected chi connectivity index (χ2v) is 5.00. The van der Waals surface area contributed by atoms with Crippen LogP contribution in [0.1, 0.15) is 35.7 Å². The molecule has 5 nitrogen and oxygen atoms in total. The maximum atomic E-state index is 11.8. The number of carboxylic acid groups (broad SMARTS) is 1. The van der Waals surface area contributed by atoms with Gasteiger partial charge in [-0.25, -0.2) is 4.79 Å². The van der Waals surface area contributed by atoms with Crippen molar-refractivity contribution in [2.24, 2.45) is 0 Å². The van der Waals surface area contributed by atoms with Crippen LogP contribution in [0.5, 0.6) is 0 Å². The van der Waals surface area contributed by atoms with E-state index in [1.54, 1.807) is 19.1 Å². The Balaban J connectivity index is 2.08. The van der Waals surface area contributed by atoms with E-state index in [1.165, 1.54) is 0 Å². The Morgan fingerprint density at radius 1 is 1.37 bits per heavy atom. The molecule has 0 aromatic heterocycles. The number of aryl methyl sites for hydroxylation is 1. The summed E-state index contributed by atoms with van der Waals surface area (Å²) in [5, 5.41) is 15.0. The van der Waals surface area contributed by atoms with Gasteiger partial charge >= 0.3 is 5.97 Å². The molecular formula is C14H18N2O3. The van der Waals surface area contributed by atoms with Gasteiger partial charge in [-0.1, -0.05) is 11.6 Å². The van der Waals surface area contributed by atoms with Gasteiger partial charge in [0.2, 0.25) is 5.91 Å². The van der Waals surface area contributed by atoms with Crippen molar-refractivity contribution < 1.29 is 14.7 Å². The lowest BCUT2D eigenvalue weighted by Gasteiger charge is -2.17. The fourth-order valence-electron chi connectivity index (χ4n) is 1.81. The van der Waals surface area contributed by atoms with Crippen molar-refractivity contribution in [1.29, 1.82) is 0 Å². The molecule has 1 aliphatic carbocycles. The minimum Gasteiger partial charge on any atom is -0.478 e. The molecule has 0 saturated heterocycles. The highest BCUT2D eigenvalue weighted by Gasteiger charge is 2.26. The molecule has 0 bridgehead atoms. The van der Waals surface area contributed by atoms with E-state index in [0.717, 1.165) is 18.4 Å². The molecule has 1 amide bonds. The first kappa shape index (κ1) is 13.4. The molecule has 0 radical (unpaired) electrons. The molecule has 1 unspecified atom stereocenters. The van der Waals surface area contributed by atoms with E-state index in [9.17, 15) is 9.59 Å². The summed E-state index contributed by atoms with van der Waals surface area (Å²) in [6.07, 6.45) is 2.06. The summed E-state index contributed by atoms with van der Waals surface area (Å²) in [4.78, 5) is 23.0. The highest BCUT2D eigenvalue weighted by molar-refractivity contribution is 5.95. The first-order valence-electron chi connectivity index (χ1n) is 6.38. The standard InChI is InChI=1S/C14H18N2O3/c1-8-3-6-12(11(7-8)14(18)19)15-9(2)13(17)16-10-4-5-10/h3,6-7,9-10,15H,4-5H2,1-2H3,(H,16,17)(H,18,19). The fourth-order valence-corrected chi connectivity index (χ4v) is 1.81. The Labute approximate surface area is 112 Å². The molecule has 2 rings (SSSR count). The van der Waals surface area contributed by atoms with Gasteiger partial charge in [0.15, 0.2) is 0 Å². The van der Waals surface area contributed by atoms with Gasteiger partial charge in [-0.15, -0.1) is 0 Å². The number of carboxylic acids is 1. The summed E-state index contributed by atoms with van der Waals surface area (Å²) < 4.78 is 0. The molecule has 1 atom stereocenters. The molecule has 5 heteroatoms. The SMILES string of the molecule is Cc1ccc(NC(C)C(=O)NC2CC2)c(C(=O)O)c1. The number of rotatable bonds is 5. The molecule has 1 fully saturated rings. The minimum absolute atomic E-state index is 0.0978. The second-order valence-electron chi connectivity index (χ2n) is 5.00. The number of amides is 1. The van der Waals surface area contributed by atoms with E-state index in [0.29, 0.717) is 11.7 Å². The molecule has 1 aromatic rings. The van der Waals surface area contributed by atoms with Gasteiger partial charge < -0.3 is 15.7 Å². The number of carbonyl (C=O) groups is 2. The maximum Gasteiger partial charge on any atom is 0.337 e. The summed E-state index contributed by atoms with van der Waals surface area (Å²) in [6, 6.07) is 4.95. The Hall–Kier alpha value is -2.04. The number of carbonyl (C=O) groups excluding carboxylic acids is 1. The van der Waals surface area contributed by atoms with Gasteiger partial charge in [-0.05, 0) is 38.8 Å². The largest absolute Gasteiger partial charge is 0.478 e. The van der Waals surface area contributed by atoms with Crippen LogP contribution in [0, 0.1) is 6.92 Å². The first-order valence-corrected chi connectivity index (χ1v) is 6.38. The third-order valence-electron chi connectivity index (χ3n) is 3.09. The van der Waals surface area contributed by atoms with Gasteiger partial charge in [0.25, 0.3) is 0 Å². The summed E-state index contributed by atoms with van der Waals surface area (Å²) in [6.45, 7) is 3.56. The normalized spacial score (nSPS) is 15.7. The molecule has 1 aromatic carbocycles. The van der Waals surface area contributed by atoms with Crippen LogP contribution >= 0.6 is 0 Å². The highest BCUT2D eigenvalue weighted by Crippen LogP contribution is 2.20. The molecular weight excluding hydrogens is 244 g/mol. The topological polar surface area (TPSA) is 78.4 Å². The van der Waals surface area contributed by atoms with Crippen LogP contribution in [0.3, 0.4) is 0 Å². The predicted molar refractivity (Wildman–Crippen MR) is 72.4 cm³/mol. The minimum atomic E-state index is -0.999. The van der Waals surface area contributed by atoms with E-state index < -0.39 is 12.0 Å². The van der Waals surface area contributed by atoms with Crippen LogP contribution in [0.15, 0.2) is 18.2 Å². The lowest BCUT2D eigenvalue weighted by Crippen LogP contribution is -2.38. The van der Waals surface area contributed by atoms with Crippen molar-refractivity contribution in [2.75, 3.05) is 5.32 Å². The lowest BCUT2D eigenvalue weighted by molar-refractivity contribution is -0.121. The second kappa shape index (κ2) is 5.30. The number of aromatic carboxylic acids is 1. The molecule has 1 saturated carbocycles. The van der Waals surface area contributed by atoms with E-state index in [-0.39, 0.29) is 11.5 Å². The summed E-state index contributed by atoms with van der Waals surface area (Å²) >= 11 is 0. The zero-order valence-corrected chi connectivity index (χ0v) is 11.1. The van der Waals surface area contributed by atoms with Crippen molar-refractivity contribution in [3.63, 3.8) is 0 Å². The first-order chi connectivity index (χ1) is 8.97. The van der Waals surface area contributed by atoms with Crippen LogP contribution in [0.2, 0.25) is 0 Å². The zero-order chi connectivity index (χ0) is 14.0. The molecule has 1 aliphatic rings. The quantitative estimate of drug-likeness (QED) is 0.755. The van der Waals surface area contributed by atoms with Crippen LogP contribution < -0.4 is 10.6 Å². The molecule has 0 spiro atoms. The van der Waals surface area contributed by atoms with Crippen molar-refractivity contribution in [2.45, 2.75) is 38.8 Å². The number of nitrogens with one attached hydrogen (secondary N) is 2. The predicted octanol–water partition coefficient (Wildman–Crippen LogP) is 1.77. The Morgan fingerprint density at radius 2 is 2.05 bits per heavy atom. The van der Waals surface area contributed by atoms with Gasteiger partial charge in [-0.3, -0.25) is 4.79 Å². The van der Waals surface area contributed by atoms with Crippen LogP contribution in [-0.4, -0.2) is 29.1 Å². The number of hydrogen-bond donors (Lipinski definition) is 3. The van der Waals surface area contributed by atoms with E-state index >= 15 is 0 Å². The molecule has 102 valence electrons. The van der Waals surface area contributed by atoms with Gasteiger partial charge in [0, 0.05) is 11.7 Å². The van der Waals surface area contributed by atoms with Crippen molar-refractivity contribution >= 4 is 17.6 Å². The Bertz CT molecular complexity index is 509. The van der Waals surface area contributed by atoms with Crippen LogP contribution in [0.4, 0.5) is 5.69 Å². The van der Waals surface area contributed by atoms with Crippen LogP contribution in [0.25, 0.3) is 0 Å². The maximum absolute atomic E-state index is 11.8. The van der Waals surface area contributed by atoms with Crippen molar-refractivity contribution in [1.82, 2.24) is 5.32 Å². The third kappa shape index (κ3) is 3.47. The van der Waals surface area contributed by atoms with Crippen LogP contribution in [-0.2, 0) is 4.79 Å². The molecule has 3 N–H and O–H groups in total. The fraction of sp³-hybridized carbons (Fsp3) is 0.429. The van der Waals surface area contributed by atoms with Gasteiger partial charge in [0.05, 0.1) is 5.56 Å². The number of hydrogen-bond acceptors (Lipinski definition) is 3. The van der Waals surface area contributed by atoms with Crippen molar-refractivity contribution in [3.8, 4) is 0 Å². The monoisotopic (exact) mass is 262 g/mol. The molecule has 19 heavy (non-hydrogen) atoms. The smallest absolute Gasteiger partial charge is 0.337 e. The Kier molecular flexibility index (Phi) is 3.74. The molecule has 0 heterocycles. The molecule has 0 aliphatic heterocycles. The summed E-state index contributed by atoms with van der Waals surface area (Å²) in [7, 11) is 0. The van der Waals surface area contributed by atoms with E-state index in [1.807, 2.05) is 13.0 Å². The lowest BCUT2D eigenvalue weighted by atomic mass is 10.1. The average Bonchev–Trinajstić information content (AvgIpc) is 3.14. The Morgan fingerprint density at radius 3 is 2.63 bits per heavy atom. The van der Waals surface area contributed by atoms with E-state index in [4.69, 9.17) is 5.11 Å². The average molecular weight is 262 g/mol. The number of benzene rings is 1. The van der Waals surface area contributed by atoms with Gasteiger partial charge in [0.1, 0.15) is 6.04 Å². The summed E-state index contributed by atoms with van der Waals surface area (Å²) in [5.74, 6) is -1.10. The highest BCUT2D eigenvalue weighted by atomic mass is 16.4. The van der Waals surface area contributed by atoms with Crippen molar-refractivity contribution in [3.05, 3.63) is 29.3 Å². The zero-order valence-electron chi connectivity index (χ0n) is 11.1.